The molecule has 0 fully saturated rings. The molecule has 110 valence electrons. The first kappa shape index (κ1) is 16.0. The second kappa shape index (κ2) is 8.20. The first-order valence-corrected chi connectivity index (χ1v) is 7.21. The number of hydrogen-bond donors (Lipinski definition) is 1. The van der Waals surface area contributed by atoms with Gasteiger partial charge in [0.05, 0.1) is 6.10 Å². The second-order valence-electron chi connectivity index (χ2n) is 5.91. The van der Waals surface area contributed by atoms with Gasteiger partial charge in [0, 0.05) is 13.2 Å². The van der Waals surface area contributed by atoms with Gasteiger partial charge >= 0.3 is 6.09 Å². The van der Waals surface area contributed by atoms with Crippen molar-refractivity contribution in [3.05, 3.63) is 12.2 Å². The number of hydrogen-bond acceptors (Lipinski definition) is 3. The van der Waals surface area contributed by atoms with Crippen molar-refractivity contribution in [2.24, 2.45) is 0 Å². The van der Waals surface area contributed by atoms with E-state index in [1.165, 1.54) is 0 Å². The third-order valence-electron chi connectivity index (χ3n) is 2.81. The molecule has 0 bridgehead atoms. The molecule has 4 nitrogen and oxygen atoms in total. The highest BCUT2D eigenvalue weighted by atomic mass is 16.6. The van der Waals surface area contributed by atoms with E-state index in [0.29, 0.717) is 12.6 Å². The maximum absolute atomic E-state index is 11.4. The predicted molar refractivity (Wildman–Crippen MR) is 76.2 cm³/mol. The molecule has 4 heteroatoms. The van der Waals surface area contributed by atoms with E-state index in [1.54, 1.807) is 0 Å². The van der Waals surface area contributed by atoms with Gasteiger partial charge in [-0.15, -0.1) is 0 Å². The van der Waals surface area contributed by atoms with Crippen molar-refractivity contribution in [3.8, 4) is 0 Å². The molecule has 0 aliphatic heterocycles. The van der Waals surface area contributed by atoms with Crippen LogP contribution in [0.25, 0.3) is 0 Å². The van der Waals surface area contributed by atoms with Crippen LogP contribution in [0, 0.1) is 0 Å². The van der Waals surface area contributed by atoms with Crippen LogP contribution in [0.5, 0.6) is 0 Å². The summed E-state index contributed by atoms with van der Waals surface area (Å²) in [5.74, 6) is 0. The Hall–Kier alpha value is -1.03. The molecule has 0 spiro atoms. The van der Waals surface area contributed by atoms with Crippen LogP contribution in [0.2, 0.25) is 0 Å². The minimum Gasteiger partial charge on any atom is -0.444 e. The van der Waals surface area contributed by atoms with Crippen LogP contribution in [0.1, 0.15) is 52.9 Å². The predicted octanol–water partition coefficient (Wildman–Crippen LogP) is 3.42. The normalized spacial score (nSPS) is 19.2. The number of alkyl carbamates (subject to hydrolysis) is 1. The number of allylic oxidation sites excluding steroid dienone is 1. The summed E-state index contributed by atoms with van der Waals surface area (Å²) in [5.41, 5.74) is -0.429. The summed E-state index contributed by atoms with van der Waals surface area (Å²) in [6.07, 6.45) is 9.64. The lowest BCUT2D eigenvalue weighted by molar-refractivity contribution is 0.0434. The van der Waals surface area contributed by atoms with Gasteiger partial charge in [-0.25, -0.2) is 4.79 Å². The minimum atomic E-state index is -0.429. The summed E-state index contributed by atoms with van der Waals surface area (Å²) in [5, 5.41) is 2.75. The molecule has 0 heterocycles. The summed E-state index contributed by atoms with van der Waals surface area (Å²) in [4.78, 5) is 11.4. The fourth-order valence-electron chi connectivity index (χ4n) is 1.90. The van der Waals surface area contributed by atoms with E-state index in [1.807, 2.05) is 20.8 Å². The Bertz CT molecular complexity index is 294. The van der Waals surface area contributed by atoms with Crippen LogP contribution in [0.4, 0.5) is 4.79 Å². The molecule has 0 saturated carbocycles. The largest absolute Gasteiger partial charge is 0.444 e. The number of carbonyl (C=O) groups is 1. The zero-order chi connectivity index (χ0) is 14.1. The standard InChI is InChI=1S/C15H27NO3/c1-15(2,3)19-14(17)16-11-7-8-12-18-13-9-5-4-6-10-13/h4-5,13H,6-12H2,1-3H3,(H,16,17). The van der Waals surface area contributed by atoms with Gasteiger partial charge in [0.25, 0.3) is 0 Å². The fourth-order valence-corrected chi connectivity index (χ4v) is 1.90. The first-order valence-electron chi connectivity index (χ1n) is 7.21. The smallest absolute Gasteiger partial charge is 0.407 e. The minimum absolute atomic E-state index is 0.342. The van der Waals surface area contributed by atoms with Crippen molar-refractivity contribution >= 4 is 6.09 Å². The average molecular weight is 269 g/mol. The lowest BCUT2D eigenvalue weighted by atomic mass is 10.1. The molecular formula is C15H27NO3. The SMILES string of the molecule is CC(C)(C)OC(=O)NCCCCOC1CC=CCC1. The number of ether oxygens (including phenoxy) is 2. The Morgan fingerprint density at radius 2 is 2.11 bits per heavy atom. The van der Waals surface area contributed by atoms with Crippen LogP contribution in [0.3, 0.4) is 0 Å². The van der Waals surface area contributed by atoms with Crippen molar-refractivity contribution in [2.75, 3.05) is 13.2 Å². The fraction of sp³-hybridized carbons (Fsp3) is 0.800. The van der Waals surface area contributed by atoms with E-state index in [4.69, 9.17) is 9.47 Å². The zero-order valence-electron chi connectivity index (χ0n) is 12.4. The van der Waals surface area contributed by atoms with E-state index in [-0.39, 0.29) is 6.09 Å². The molecule has 1 rings (SSSR count). The Morgan fingerprint density at radius 3 is 2.74 bits per heavy atom. The number of rotatable bonds is 6. The monoisotopic (exact) mass is 269 g/mol. The Kier molecular flexibility index (Phi) is 6.92. The van der Waals surface area contributed by atoms with Crippen molar-refractivity contribution in [2.45, 2.75) is 64.6 Å². The summed E-state index contributed by atoms with van der Waals surface area (Å²) < 4.78 is 10.9. The molecule has 1 unspecified atom stereocenters. The number of unbranched alkanes of at least 4 members (excludes halogenated alkanes) is 1. The van der Waals surface area contributed by atoms with Gasteiger partial charge in [0.1, 0.15) is 5.60 Å². The van der Waals surface area contributed by atoms with Crippen LogP contribution in [0.15, 0.2) is 12.2 Å². The molecule has 0 aromatic rings. The molecule has 0 aromatic heterocycles. The molecule has 1 aliphatic rings. The summed E-state index contributed by atoms with van der Waals surface area (Å²) >= 11 is 0. The Labute approximate surface area is 116 Å². The highest BCUT2D eigenvalue weighted by Gasteiger charge is 2.15. The van der Waals surface area contributed by atoms with Crippen molar-refractivity contribution < 1.29 is 14.3 Å². The molecule has 0 aromatic carbocycles. The van der Waals surface area contributed by atoms with E-state index >= 15 is 0 Å². The van der Waals surface area contributed by atoms with Crippen molar-refractivity contribution in [1.82, 2.24) is 5.32 Å². The van der Waals surface area contributed by atoms with Crippen LogP contribution in [-0.2, 0) is 9.47 Å². The van der Waals surface area contributed by atoms with Gasteiger partial charge in [0.2, 0.25) is 0 Å². The van der Waals surface area contributed by atoms with Gasteiger partial charge in [-0.2, -0.15) is 0 Å². The molecule has 1 amide bonds. The van der Waals surface area contributed by atoms with Crippen molar-refractivity contribution in [1.29, 1.82) is 0 Å². The van der Waals surface area contributed by atoms with E-state index in [9.17, 15) is 4.79 Å². The first-order chi connectivity index (χ1) is 8.97. The van der Waals surface area contributed by atoms with E-state index in [2.05, 4.69) is 17.5 Å². The lowest BCUT2D eigenvalue weighted by Gasteiger charge is -2.20. The molecule has 0 saturated heterocycles. The Balaban J connectivity index is 1.93. The quantitative estimate of drug-likeness (QED) is 0.593. The molecule has 1 N–H and O–H groups in total. The third-order valence-corrected chi connectivity index (χ3v) is 2.81. The van der Waals surface area contributed by atoms with Gasteiger partial charge in [-0.3, -0.25) is 0 Å². The lowest BCUT2D eigenvalue weighted by Crippen LogP contribution is -2.33. The highest BCUT2D eigenvalue weighted by molar-refractivity contribution is 5.67. The average Bonchev–Trinajstić information content (AvgIpc) is 2.32. The van der Waals surface area contributed by atoms with Crippen LogP contribution >= 0.6 is 0 Å². The second-order valence-corrected chi connectivity index (χ2v) is 5.91. The van der Waals surface area contributed by atoms with Crippen molar-refractivity contribution in [3.63, 3.8) is 0 Å². The third kappa shape index (κ3) is 8.65. The maximum Gasteiger partial charge on any atom is 0.407 e. The number of nitrogens with one attached hydrogen (secondary N) is 1. The van der Waals surface area contributed by atoms with Gasteiger partial charge in [0.15, 0.2) is 0 Å². The number of amides is 1. The Morgan fingerprint density at radius 1 is 1.32 bits per heavy atom. The molecule has 19 heavy (non-hydrogen) atoms. The van der Waals surface area contributed by atoms with Gasteiger partial charge in [-0.05, 0) is 52.9 Å². The topological polar surface area (TPSA) is 47.6 Å². The molecule has 0 radical (unpaired) electrons. The molecule has 1 aliphatic carbocycles. The summed E-state index contributed by atoms with van der Waals surface area (Å²) in [6, 6.07) is 0. The maximum atomic E-state index is 11.4. The zero-order valence-corrected chi connectivity index (χ0v) is 12.4. The van der Waals surface area contributed by atoms with Crippen LogP contribution < -0.4 is 5.32 Å². The molecular weight excluding hydrogens is 242 g/mol. The van der Waals surface area contributed by atoms with E-state index in [0.717, 1.165) is 38.7 Å². The van der Waals surface area contributed by atoms with Gasteiger partial charge < -0.3 is 14.8 Å². The summed E-state index contributed by atoms with van der Waals surface area (Å²) in [7, 11) is 0. The van der Waals surface area contributed by atoms with E-state index < -0.39 is 5.60 Å². The molecule has 1 atom stereocenters. The summed E-state index contributed by atoms with van der Waals surface area (Å²) in [6.45, 7) is 6.99. The van der Waals surface area contributed by atoms with Crippen LogP contribution in [-0.4, -0.2) is 30.9 Å². The van der Waals surface area contributed by atoms with Gasteiger partial charge in [-0.1, -0.05) is 12.2 Å². The highest BCUT2D eigenvalue weighted by Crippen LogP contribution is 2.14. The number of carbonyl (C=O) groups excluding carboxylic acids is 1.